The average Bonchev–Trinajstić information content (AvgIpc) is 2.80. The number of fused-ring (bicyclic) bond motifs is 1. The first-order chi connectivity index (χ1) is 15.3. The van der Waals surface area contributed by atoms with Crippen molar-refractivity contribution in [3.8, 4) is 11.5 Å². The molecule has 0 aliphatic carbocycles. The van der Waals surface area contributed by atoms with Gasteiger partial charge >= 0.3 is 0 Å². The molecule has 0 radical (unpaired) electrons. The Morgan fingerprint density at radius 1 is 1.03 bits per heavy atom. The van der Waals surface area contributed by atoms with Crippen LogP contribution in [0.25, 0.3) is 0 Å². The van der Waals surface area contributed by atoms with Crippen molar-refractivity contribution >= 4 is 27.3 Å². The van der Waals surface area contributed by atoms with Crippen LogP contribution in [-0.4, -0.2) is 34.1 Å². The smallest absolute Gasteiger partial charge is 0.267 e. The molecule has 0 unspecified atom stereocenters. The first kappa shape index (κ1) is 21.6. The second kappa shape index (κ2) is 8.46. The van der Waals surface area contributed by atoms with Gasteiger partial charge in [0.05, 0.1) is 24.2 Å². The van der Waals surface area contributed by atoms with Gasteiger partial charge in [-0.1, -0.05) is 18.2 Å². The van der Waals surface area contributed by atoms with E-state index in [0.717, 1.165) is 22.5 Å². The number of sulfonamides is 1. The molecule has 0 saturated heterocycles. The first-order valence-electron chi connectivity index (χ1n) is 9.48. The third-order valence-corrected chi connectivity index (χ3v) is 6.68. The molecule has 1 amide bonds. The lowest BCUT2D eigenvalue weighted by Crippen LogP contribution is -2.49. The summed E-state index contributed by atoms with van der Waals surface area (Å²) in [5.41, 5.74) is -0.394. The molecule has 0 aromatic heterocycles. The molecule has 1 aliphatic rings. The van der Waals surface area contributed by atoms with Gasteiger partial charge in [-0.2, -0.15) is 0 Å². The van der Waals surface area contributed by atoms with Crippen molar-refractivity contribution in [3.63, 3.8) is 0 Å². The lowest BCUT2D eigenvalue weighted by Gasteiger charge is -2.34. The number of hydrogen-bond acceptors (Lipinski definition) is 5. The fourth-order valence-electron chi connectivity index (χ4n) is 3.26. The quantitative estimate of drug-likeness (QED) is 0.629. The highest BCUT2D eigenvalue weighted by Gasteiger charge is 2.37. The normalized spacial score (nSPS) is 15.5. The van der Waals surface area contributed by atoms with Crippen LogP contribution in [0.2, 0.25) is 0 Å². The van der Waals surface area contributed by atoms with Gasteiger partial charge in [0.2, 0.25) is 0 Å². The molecule has 3 aromatic rings. The lowest BCUT2D eigenvalue weighted by atomic mass is 10.2. The zero-order valence-electron chi connectivity index (χ0n) is 16.8. The minimum absolute atomic E-state index is 0.0192. The summed E-state index contributed by atoms with van der Waals surface area (Å²) in [5.74, 6) is -2.19. The second-order valence-electron chi connectivity index (χ2n) is 6.87. The van der Waals surface area contributed by atoms with Gasteiger partial charge in [-0.25, -0.2) is 17.2 Å². The maximum Gasteiger partial charge on any atom is 0.267 e. The summed E-state index contributed by atoms with van der Waals surface area (Å²) in [4.78, 5) is 12.7. The summed E-state index contributed by atoms with van der Waals surface area (Å²) in [7, 11) is -2.62. The molecule has 3 aromatic carbocycles. The van der Waals surface area contributed by atoms with E-state index >= 15 is 0 Å². The molecular weight excluding hydrogens is 442 g/mol. The van der Waals surface area contributed by atoms with Crippen LogP contribution in [-0.2, 0) is 14.8 Å². The number of hydrogen-bond donors (Lipinski definition) is 1. The van der Waals surface area contributed by atoms with Crippen molar-refractivity contribution in [2.24, 2.45) is 0 Å². The Kier molecular flexibility index (Phi) is 5.70. The van der Waals surface area contributed by atoms with Gasteiger partial charge in [-0.05, 0) is 48.5 Å². The Hall–Kier alpha value is -3.66. The number of halogens is 2. The Labute approximate surface area is 183 Å². The number of nitrogens with one attached hydrogen (secondary N) is 1. The van der Waals surface area contributed by atoms with E-state index in [2.05, 4.69) is 5.32 Å². The number of carbonyl (C=O) groups excluding carboxylic acids is 1. The third kappa shape index (κ3) is 3.96. The van der Waals surface area contributed by atoms with Crippen molar-refractivity contribution in [2.45, 2.75) is 11.0 Å². The summed E-state index contributed by atoms with van der Waals surface area (Å²) >= 11 is 0. The highest BCUT2D eigenvalue weighted by molar-refractivity contribution is 7.92. The zero-order valence-corrected chi connectivity index (χ0v) is 17.6. The molecule has 1 N–H and O–H groups in total. The molecule has 166 valence electrons. The van der Waals surface area contributed by atoms with Crippen molar-refractivity contribution in [1.29, 1.82) is 0 Å². The van der Waals surface area contributed by atoms with Crippen LogP contribution in [0.3, 0.4) is 0 Å². The van der Waals surface area contributed by atoms with E-state index < -0.39 is 45.9 Å². The number of anilines is 2. The van der Waals surface area contributed by atoms with Crippen LogP contribution >= 0.6 is 0 Å². The van der Waals surface area contributed by atoms with Gasteiger partial charge in [-0.3, -0.25) is 9.10 Å². The van der Waals surface area contributed by atoms with Gasteiger partial charge < -0.3 is 14.8 Å². The van der Waals surface area contributed by atoms with Crippen LogP contribution in [0.1, 0.15) is 0 Å². The number of benzene rings is 3. The molecule has 0 saturated carbocycles. The molecule has 1 aliphatic heterocycles. The maximum atomic E-state index is 14.0. The number of rotatable bonds is 5. The number of carbonyl (C=O) groups is 1. The SMILES string of the molecule is COc1ccc(S(=O)(=O)N2C[C@H](C(=O)Nc3c(F)cccc3F)Oc3ccccc32)cc1. The predicted molar refractivity (Wildman–Crippen MR) is 113 cm³/mol. The van der Waals surface area contributed by atoms with Crippen LogP contribution in [0.4, 0.5) is 20.2 Å². The van der Waals surface area contributed by atoms with Gasteiger partial charge in [0, 0.05) is 0 Å². The Balaban J connectivity index is 1.68. The number of nitrogens with zero attached hydrogens (tertiary/aromatic N) is 1. The molecule has 0 bridgehead atoms. The molecular formula is C22H18F2N2O5S. The summed E-state index contributed by atoms with van der Waals surface area (Å²) in [6, 6.07) is 15.2. The summed E-state index contributed by atoms with van der Waals surface area (Å²) in [6.07, 6.45) is -1.35. The zero-order chi connectivity index (χ0) is 22.9. The first-order valence-corrected chi connectivity index (χ1v) is 10.9. The van der Waals surface area contributed by atoms with Crippen molar-refractivity contribution in [1.82, 2.24) is 0 Å². The number of para-hydroxylation sites is 3. The van der Waals surface area contributed by atoms with E-state index in [9.17, 15) is 22.0 Å². The molecule has 1 atom stereocenters. The van der Waals surface area contributed by atoms with E-state index in [1.54, 1.807) is 18.2 Å². The number of methoxy groups -OCH3 is 1. The average molecular weight is 460 g/mol. The van der Waals surface area contributed by atoms with Crippen molar-refractivity contribution in [2.75, 3.05) is 23.3 Å². The largest absolute Gasteiger partial charge is 0.497 e. The topological polar surface area (TPSA) is 84.9 Å². The fourth-order valence-corrected chi connectivity index (χ4v) is 4.74. The third-order valence-electron chi connectivity index (χ3n) is 4.89. The molecule has 7 nitrogen and oxygen atoms in total. The molecule has 1 heterocycles. The molecule has 0 fully saturated rings. The monoisotopic (exact) mass is 460 g/mol. The Morgan fingerprint density at radius 3 is 2.34 bits per heavy atom. The maximum absolute atomic E-state index is 14.0. The number of amides is 1. The van der Waals surface area contributed by atoms with Gasteiger partial charge in [-0.15, -0.1) is 0 Å². The highest BCUT2D eigenvalue weighted by Crippen LogP contribution is 2.37. The minimum Gasteiger partial charge on any atom is -0.497 e. The van der Waals surface area contributed by atoms with Crippen LogP contribution < -0.4 is 19.1 Å². The summed E-state index contributed by atoms with van der Waals surface area (Å²) < 4.78 is 66.4. The van der Waals surface area contributed by atoms with Crippen LogP contribution in [0.5, 0.6) is 11.5 Å². The van der Waals surface area contributed by atoms with Gasteiger partial charge in [0.1, 0.15) is 28.8 Å². The molecule has 0 spiro atoms. The lowest BCUT2D eigenvalue weighted by molar-refractivity contribution is -0.122. The Bertz CT molecular complexity index is 1250. The van der Waals surface area contributed by atoms with E-state index in [1.807, 2.05) is 0 Å². The standard InChI is InChI=1S/C22H18F2N2O5S/c1-30-14-9-11-15(12-10-14)32(28,29)26-13-20(31-19-8-3-2-7-18(19)26)22(27)25-21-16(23)5-4-6-17(21)24/h2-12,20H,13H2,1H3,(H,25,27)/t20-/m1/s1. The minimum atomic E-state index is -4.09. The second-order valence-corrected chi connectivity index (χ2v) is 8.73. The highest BCUT2D eigenvalue weighted by atomic mass is 32.2. The summed E-state index contributed by atoms with van der Waals surface area (Å²) in [6.45, 7) is -0.396. The van der Waals surface area contributed by atoms with Crippen LogP contribution in [0, 0.1) is 11.6 Å². The van der Waals surface area contributed by atoms with Gasteiger partial charge in [0.25, 0.3) is 15.9 Å². The fraction of sp³-hybridized carbons (Fsp3) is 0.136. The Morgan fingerprint density at radius 2 is 1.69 bits per heavy atom. The summed E-state index contributed by atoms with van der Waals surface area (Å²) in [5, 5.41) is 2.15. The predicted octanol–water partition coefficient (Wildman–Crippen LogP) is 3.57. The van der Waals surface area contributed by atoms with Crippen molar-refractivity contribution in [3.05, 3.63) is 78.4 Å². The van der Waals surface area contributed by atoms with E-state index in [1.165, 1.54) is 37.4 Å². The van der Waals surface area contributed by atoms with E-state index in [-0.39, 0.29) is 16.3 Å². The molecule has 32 heavy (non-hydrogen) atoms. The van der Waals surface area contributed by atoms with Crippen molar-refractivity contribution < 1.29 is 31.5 Å². The van der Waals surface area contributed by atoms with E-state index in [0.29, 0.717) is 5.75 Å². The molecule has 4 rings (SSSR count). The van der Waals surface area contributed by atoms with Crippen LogP contribution in [0.15, 0.2) is 71.6 Å². The molecule has 10 heteroatoms. The number of ether oxygens (including phenoxy) is 2. The van der Waals surface area contributed by atoms with Gasteiger partial charge in [0.15, 0.2) is 6.10 Å². The van der Waals surface area contributed by atoms with E-state index in [4.69, 9.17) is 9.47 Å².